The van der Waals surface area contributed by atoms with Gasteiger partial charge in [0.15, 0.2) is 0 Å². The lowest BCUT2D eigenvalue weighted by molar-refractivity contribution is -0.112. The van der Waals surface area contributed by atoms with E-state index in [1.165, 1.54) is 11.1 Å². The number of carbonyl (C=O) groups excluding carboxylic acids is 2. The van der Waals surface area contributed by atoms with Gasteiger partial charge in [-0.25, -0.2) is 0 Å². The van der Waals surface area contributed by atoms with Crippen molar-refractivity contribution in [1.82, 2.24) is 5.32 Å². The Hall–Kier alpha value is -2.27. The van der Waals surface area contributed by atoms with Crippen LogP contribution in [0.2, 0.25) is 0 Å². The molecule has 2 aliphatic rings. The molecule has 2 atom stereocenters. The van der Waals surface area contributed by atoms with E-state index in [1.54, 1.807) is 0 Å². The van der Waals surface area contributed by atoms with Crippen molar-refractivity contribution in [3.63, 3.8) is 0 Å². The van der Waals surface area contributed by atoms with Gasteiger partial charge in [0.1, 0.15) is 17.9 Å². The maximum atomic E-state index is 11.7. The first kappa shape index (κ1) is 16.2. The highest BCUT2D eigenvalue weighted by atomic mass is 32.2. The number of ether oxygens (including phenoxy) is 1. The van der Waals surface area contributed by atoms with Gasteiger partial charge in [0.25, 0.3) is 5.24 Å². The van der Waals surface area contributed by atoms with Gasteiger partial charge >= 0.3 is 0 Å². The summed E-state index contributed by atoms with van der Waals surface area (Å²) >= 11 is 0.764. The zero-order valence-electron chi connectivity index (χ0n) is 13.7. The van der Waals surface area contributed by atoms with E-state index in [2.05, 4.69) is 35.6 Å². The van der Waals surface area contributed by atoms with Crippen molar-refractivity contribution in [2.24, 2.45) is 0 Å². The Bertz CT molecular complexity index is 806. The molecule has 2 aromatic rings. The van der Waals surface area contributed by atoms with Crippen LogP contribution in [0.4, 0.5) is 4.79 Å². The second kappa shape index (κ2) is 6.92. The molecule has 4 nitrogen and oxygen atoms in total. The van der Waals surface area contributed by atoms with Crippen LogP contribution in [0.1, 0.15) is 23.1 Å². The summed E-state index contributed by atoms with van der Waals surface area (Å²) in [6.07, 6.45) is 3.62. The molecule has 5 heteroatoms. The molecule has 0 aromatic heterocycles. The van der Waals surface area contributed by atoms with Gasteiger partial charge in [-0.15, -0.1) is 0 Å². The second-order valence-electron chi connectivity index (χ2n) is 6.52. The zero-order valence-corrected chi connectivity index (χ0v) is 14.6. The van der Waals surface area contributed by atoms with Crippen LogP contribution in [-0.2, 0) is 24.1 Å². The number of thioether (sulfide) groups is 1. The third-order valence-corrected chi connectivity index (χ3v) is 5.46. The summed E-state index contributed by atoms with van der Waals surface area (Å²) in [6, 6.07) is 16.1. The van der Waals surface area contributed by atoms with Crippen molar-refractivity contribution in [3.8, 4) is 5.75 Å². The number of aryl methyl sites for hydroxylation is 1. The summed E-state index contributed by atoms with van der Waals surface area (Å²) in [7, 11) is 0. The molecule has 1 saturated heterocycles. The van der Waals surface area contributed by atoms with Crippen LogP contribution >= 0.6 is 11.8 Å². The highest BCUT2D eigenvalue weighted by Crippen LogP contribution is 2.30. The van der Waals surface area contributed by atoms with E-state index in [0.29, 0.717) is 6.42 Å². The molecule has 2 aromatic carbocycles. The molecule has 0 aliphatic carbocycles. The van der Waals surface area contributed by atoms with Crippen LogP contribution < -0.4 is 10.1 Å². The molecule has 2 aliphatic heterocycles. The van der Waals surface area contributed by atoms with Gasteiger partial charge in [0, 0.05) is 24.6 Å². The number of fused-ring (bicyclic) bond motifs is 1. The highest BCUT2D eigenvalue weighted by molar-refractivity contribution is 8.26. The monoisotopic (exact) mass is 353 g/mol. The third kappa shape index (κ3) is 3.71. The van der Waals surface area contributed by atoms with E-state index in [-0.39, 0.29) is 16.5 Å². The average Bonchev–Trinajstić information content (AvgIpc) is 2.93. The Morgan fingerprint density at radius 3 is 2.64 bits per heavy atom. The number of amides is 1. The maximum absolute atomic E-state index is 11.7. The van der Waals surface area contributed by atoms with Crippen LogP contribution in [-0.4, -0.2) is 22.5 Å². The predicted molar refractivity (Wildman–Crippen MR) is 97.9 cm³/mol. The Morgan fingerprint density at radius 1 is 1.04 bits per heavy atom. The third-order valence-electron chi connectivity index (χ3n) is 4.67. The van der Waals surface area contributed by atoms with Crippen molar-refractivity contribution in [1.29, 1.82) is 0 Å². The molecule has 0 radical (unpaired) electrons. The van der Waals surface area contributed by atoms with Gasteiger partial charge < -0.3 is 10.1 Å². The maximum Gasteiger partial charge on any atom is 0.287 e. The molecule has 0 spiro atoms. The van der Waals surface area contributed by atoms with E-state index in [0.717, 1.165) is 42.3 Å². The standard InChI is InChI=1S/C20H19NO3S/c22-19-17(21-20(23)25-19)12-14-6-9-18-15(10-14)7-8-16(24-18)11-13-4-2-1-3-5-13/h1-6,9-10,16-17H,7-8,11-12H2,(H,21,23)/t16-,17?/m1/s1. The van der Waals surface area contributed by atoms with Gasteiger partial charge in [0.2, 0.25) is 5.12 Å². The summed E-state index contributed by atoms with van der Waals surface area (Å²) in [4.78, 5) is 23.0. The van der Waals surface area contributed by atoms with Gasteiger partial charge in [-0.2, -0.15) is 0 Å². The first-order valence-electron chi connectivity index (χ1n) is 8.52. The molecule has 1 unspecified atom stereocenters. The van der Waals surface area contributed by atoms with E-state index >= 15 is 0 Å². The normalized spacial score (nSPS) is 22.2. The molecule has 0 saturated carbocycles. The van der Waals surface area contributed by atoms with E-state index in [9.17, 15) is 9.59 Å². The highest BCUT2D eigenvalue weighted by Gasteiger charge is 2.31. The molecule has 25 heavy (non-hydrogen) atoms. The number of hydrogen-bond acceptors (Lipinski definition) is 4. The summed E-state index contributed by atoms with van der Waals surface area (Å²) in [5.74, 6) is 0.937. The lowest BCUT2D eigenvalue weighted by Crippen LogP contribution is -2.31. The minimum absolute atomic E-state index is 0.0955. The molecule has 1 N–H and O–H groups in total. The Morgan fingerprint density at radius 2 is 1.88 bits per heavy atom. The topological polar surface area (TPSA) is 55.4 Å². The molecular formula is C20H19NO3S. The van der Waals surface area contributed by atoms with Crippen LogP contribution in [0.15, 0.2) is 48.5 Å². The largest absolute Gasteiger partial charge is 0.490 e. The summed E-state index contributed by atoms with van der Waals surface area (Å²) in [5, 5.41) is 2.36. The van der Waals surface area contributed by atoms with Gasteiger partial charge in [-0.3, -0.25) is 9.59 Å². The fourth-order valence-corrected chi connectivity index (χ4v) is 4.08. The Labute approximate surface area is 151 Å². The van der Waals surface area contributed by atoms with Crippen molar-refractivity contribution >= 4 is 22.1 Å². The minimum Gasteiger partial charge on any atom is -0.490 e. The average molecular weight is 353 g/mol. The Balaban J connectivity index is 1.42. The first-order chi connectivity index (χ1) is 12.2. The van der Waals surface area contributed by atoms with Crippen LogP contribution in [0.25, 0.3) is 0 Å². The minimum atomic E-state index is -0.411. The van der Waals surface area contributed by atoms with E-state index < -0.39 is 6.04 Å². The van der Waals surface area contributed by atoms with E-state index in [1.807, 2.05) is 18.2 Å². The Kier molecular flexibility index (Phi) is 4.49. The fraction of sp³-hybridized carbons (Fsp3) is 0.300. The smallest absolute Gasteiger partial charge is 0.287 e. The molecule has 4 rings (SSSR count). The SMILES string of the molecule is O=C1NC(Cc2ccc3c(c2)CC[C@H](Cc2ccccc2)O3)C(=O)S1. The van der Waals surface area contributed by atoms with Crippen molar-refractivity contribution in [2.75, 3.05) is 0 Å². The predicted octanol–water partition coefficient (Wildman–Crippen LogP) is 3.52. The molecule has 0 bridgehead atoms. The summed E-state index contributed by atoms with van der Waals surface area (Å²) in [6.45, 7) is 0. The summed E-state index contributed by atoms with van der Waals surface area (Å²) < 4.78 is 6.16. The zero-order chi connectivity index (χ0) is 17.2. The number of nitrogens with one attached hydrogen (secondary N) is 1. The number of carbonyl (C=O) groups is 2. The van der Waals surface area contributed by atoms with Crippen molar-refractivity contribution in [3.05, 3.63) is 65.2 Å². The van der Waals surface area contributed by atoms with Gasteiger partial charge in [-0.1, -0.05) is 42.5 Å². The lowest BCUT2D eigenvalue weighted by atomic mass is 9.95. The number of hydrogen-bond donors (Lipinski definition) is 1. The van der Waals surface area contributed by atoms with Crippen molar-refractivity contribution in [2.45, 2.75) is 37.8 Å². The van der Waals surface area contributed by atoms with Crippen LogP contribution in [0, 0.1) is 0 Å². The van der Waals surface area contributed by atoms with Gasteiger partial charge in [-0.05, 0) is 35.6 Å². The van der Waals surface area contributed by atoms with Crippen LogP contribution in [0.3, 0.4) is 0 Å². The molecule has 1 amide bonds. The summed E-state index contributed by atoms with van der Waals surface area (Å²) in [5.41, 5.74) is 3.54. The quantitative estimate of drug-likeness (QED) is 0.914. The lowest BCUT2D eigenvalue weighted by Gasteiger charge is -2.27. The van der Waals surface area contributed by atoms with E-state index in [4.69, 9.17) is 4.74 Å². The number of benzene rings is 2. The number of rotatable bonds is 4. The first-order valence-corrected chi connectivity index (χ1v) is 9.33. The van der Waals surface area contributed by atoms with Gasteiger partial charge in [0.05, 0.1) is 0 Å². The fourth-order valence-electron chi connectivity index (χ4n) is 3.41. The molecule has 1 fully saturated rings. The van der Waals surface area contributed by atoms with Crippen LogP contribution in [0.5, 0.6) is 5.75 Å². The molecule has 128 valence electrons. The molecule has 2 heterocycles. The molecular weight excluding hydrogens is 334 g/mol. The second-order valence-corrected chi connectivity index (χ2v) is 7.50. The van der Waals surface area contributed by atoms with Crippen molar-refractivity contribution < 1.29 is 14.3 Å².